The van der Waals surface area contributed by atoms with Crippen LogP contribution >= 0.6 is 0 Å². The first kappa shape index (κ1) is 8.66. The summed E-state index contributed by atoms with van der Waals surface area (Å²) in [5, 5.41) is 7.43. The quantitative estimate of drug-likeness (QED) is 0.546. The van der Waals surface area contributed by atoms with E-state index < -0.39 is 0 Å². The molecule has 0 aromatic carbocycles. The largest absolute Gasteiger partial charge is 0.359 e. The maximum atomic E-state index is 6.77. The van der Waals surface area contributed by atoms with Gasteiger partial charge in [-0.1, -0.05) is 32.4 Å². The third-order valence-electron chi connectivity index (χ3n) is 1.62. The molecule has 0 unspecified atom stereocenters. The Balaban J connectivity index is 3.13. The summed E-state index contributed by atoms with van der Waals surface area (Å²) >= 11 is 0. The fourth-order valence-electron chi connectivity index (χ4n) is 0.820. The van der Waals surface area contributed by atoms with Crippen molar-refractivity contribution in [2.45, 2.75) is 26.2 Å². The third-order valence-corrected chi connectivity index (χ3v) is 1.62. The molecule has 0 fully saturated rings. The molecular weight excluding hydrogens is 150 g/mol. The molecule has 1 heterocycles. The number of aromatic nitrogens is 2. The zero-order valence-corrected chi connectivity index (χ0v) is 7.50. The van der Waals surface area contributed by atoms with Gasteiger partial charge in [0.05, 0.1) is 6.20 Å². The van der Waals surface area contributed by atoms with Gasteiger partial charge in [-0.15, -0.1) is 0 Å². The van der Waals surface area contributed by atoms with Crippen molar-refractivity contribution in [3.05, 3.63) is 29.2 Å². The molecule has 0 amide bonds. The number of nitrogens with zero attached hydrogens (tertiary/aromatic N) is 3. The molecule has 0 saturated heterocycles. The first-order valence-corrected chi connectivity index (χ1v) is 3.75. The van der Waals surface area contributed by atoms with E-state index in [1.165, 1.54) is 0 Å². The number of hydrogen-bond acceptors (Lipinski definition) is 2. The molecule has 0 spiro atoms. The maximum Gasteiger partial charge on any atom is 0.296 e. The second-order valence-corrected chi connectivity index (χ2v) is 3.66. The molecule has 3 nitrogen and oxygen atoms in total. The van der Waals surface area contributed by atoms with Crippen molar-refractivity contribution in [2.24, 2.45) is 0 Å². The third kappa shape index (κ3) is 1.79. The highest BCUT2D eigenvalue weighted by molar-refractivity contribution is 5.38. The van der Waals surface area contributed by atoms with Crippen LogP contribution in [-0.4, -0.2) is 10.2 Å². The zero-order valence-electron chi connectivity index (χ0n) is 7.50. The standard InChI is InChI=1S/C9H11N3/c1-9(2,3)7-5-8(10-4)12-11-6-7/h5-6H,1-3H3. The lowest BCUT2D eigenvalue weighted by Crippen LogP contribution is -2.11. The van der Waals surface area contributed by atoms with Crippen molar-refractivity contribution in [3.63, 3.8) is 0 Å². The Morgan fingerprint density at radius 2 is 2.08 bits per heavy atom. The van der Waals surface area contributed by atoms with Gasteiger partial charge in [0, 0.05) is 0 Å². The summed E-state index contributed by atoms with van der Waals surface area (Å²) in [6, 6.07) is 1.78. The van der Waals surface area contributed by atoms with E-state index in [-0.39, 0.29) is 5.41 Å². The highest BCUT2D eigenvalue weighted by Crippen LogP contribution is 2.23. The van der Waals surface area contributed by atoms with Gasteiger partial charge in [-0.05, 0) is 22.1 Å². The number of rotatable bonds is 0. The average molecular weight is 161 g/mol. The molecule has 0 atom stereocenters. The molecule has 12 heavy (non-hydrogen) atoms. The van der Waals surface area contributed by atoms with Crippen LogP contribution in [0.2, 0.25) is 0 Å². The van der Waals surface area contributed by atoms with Crippen LogP contribution in [0.4, 0.5) is 5.82 Å². The number of hydrogen-bond donors (Lipinski definition) is 0. The van der Waals surface area contributed by atoms with E-state index in [1.54, 1.807) is 12.3 Å². The zero-order chi connectivity index (χ0) is 9.19. The van der Waals surface area contributed by atoms with Crippen LogP contribution in [0, 0.1) is 6.57 Å². The van der Waals surface area contributed by atoms with Gasteiger partial charge >= 0.3 is 0 Å². The topological polar surface area (TPSA) is 30.1 Å². The van der Waals surface area contributed by atoms with Gasteiger partial charge in [0.2, 0.25) is 0 Å². The van der Waals surface area contributed by atoms with E-state index in [0.717, 1.165) is 5.56 Å². The Bertz CT molecular complexity index is 317. The summed E-state index contributed by atoms with van der Waals surface area (Å²) in [4.78, 5) is 3.22. The van der Waals surface area contributed by atoms with Crippen molar-refractivity contribution in [1.82, 2.24) is 10.2 Å². The molecule has 0 bridgehead atoms. The van der Waals surface area contributed by atoms with Gasteiger partial charge in [0.25, 0.3) is 5.82 Å². The van der Waals surface area contributed by atoms with Crippen molar-refractivity contribution in [2.75, 3.05) is 0 Å². The van der Waals surface area contributed by atoms with E-state index in [1.807, 2.05) is 0 Å². The molecule has 1 aromatic rings. The lowest BCUT2D eigenvalue weighted by atomic mass is 9.89. The van der Waals surface area contributed by atoms with E-state index >= 15 is 0 Å². The lowest BCUT2D eigenvalue weighted by Gasteiger charge is -2.17. The van der Waals surface area contributed by atoms with Crippen LogP contribution in [-0.2, 0) is 5.41 Å². The predicted octanol–water partition coefficient (Wildman–Crippen LogP) is 2.32. The molecule has 0 aliphatic carbocycles. The van der Waals surface area contributed by atoms with E-state index in [0.29, 0.717) is 5.82 Å². The van der Waals surface area contributed by atoms with Crippen LogP contribution in [0.15, 0.2) is 12.3 Å². The Morgan fingerprint density at radius 3 is 2.58 bits per heavy atom. The molecule has 1 rings (SSSR count). The summed E-state index contributed by atoms with van der Waals surface area (Å²) in [5.41, 5.74) is 1.08. The van der Waals surface area contributed by atoms with Crippen LogP contribution < -0.4 is 0 Å². The van der Waals surface area contributed by atoms with Crippen molar-refractivity contribution in [3.8, 4) is 0 Å². The van der Waals surface area contributed by atoms with Crippen LogP contribution in [0.1, 0.15) is 26.3 Å². The Labute approximate surface area is 72.3 Å². The minimum atomic E-state index is 0.0371. The van der Waals surface area contributed by atoms with Crippen LogP contribution in [0.25, 0.3) is 4.85 Å². The van der Waals surface area contributed by atoms with Gasteiger partial charge in [-0.25, -0.2) is 0 Å². The minimum absolute atomic E-state index is 0.0371. The summed E-state index contributed by atoms with van der Waals surface area (Å²) in [6.07, 6.45) is 1.70. The fraction of sp³-hybridized carbons (Fsp3) is 0.444. The smallest absolute Gasteiger partial charge is 0.296 e. The summed E-state index contributed by atoms with van der Waals surface area (Å²) in [5.74, 6) is 0.363. The fourth-order valence-corrected chi connectivity index (χ4v) is 0.820. The highest BCUT2D eigenvalue weighted by atomic mass is 15.1. The van der Waals surface area contributed by atoms with Gasteiger partial charge in [0.15, 0.2) is 0 Å². The molecule has 1 aromatic heterocycles. The van der Waals surface area contributed by atoms with Crippen LogP contribution in [0.5, 0.6) is 0 Å². The summed E-state index contributed by atoms with van der Waals surface area (Å²) in [7, 11) is 0. The predicted molar refractivity (Wildman–Crippen MR) is 47.0 cm³/mol. The summed E-state index contributed by atoms with van der Waals surface area (Å²) < 4.78 is 0. The van der Waals surface area contributed by atoms with Crippen molar-refractivity contribution in [1.29, 1.82) is 0 Å². The monoisotopic (exact) mass is 161 g/mol. The summed E-state index contributed by atoms with van der Waals surface area (Å²) in [6.45, 7) is 13.0. The molecule has 0 N–H and O–H groups in total. The van der Waals surface area contributed by atoms with Crippen molar-refractivity contribution >= 4 is 5.82 Å². The average Bonchev–Trinajstić information content (AvgIpc) is 2.03. The van der Waals surface area contributed by atoms with E-state index in [4.69, 9.17) is 6.57 Å². The SMILES string of the molecule is [C-]#[N+]c1cc(C(C)(C)C)cnn1. The maximum absolute atomic E-state index is 6.77. The molecule has 0 aliphatic heterocycles. The van der Waals surface area contributed by atoms with Gasteiger partial charge < -0.3 is 4.85 Å². The highest BCUT2D eigenvalue weighted by Gasteiger charge is 2.14. The molecular formula is C9H11N3. The van der Waals surface area contributed by atoms with Crippen LogP contribution in [0.3, 0.4) is 0 Å². The molecule has 62 valence electrons. The Kier molecular flexibility index (Phi) is 2.09. The second kappa shape index (κ2) is 2.90. The molecule has 3 heteroatoms. The minimum Gasteiger partial charge on any atom is -0.359 e. The van der Waals surface area contributed by atoms with Gasteiger partial charge in [0.1, 0.15) is 0 Å². The van der Waals surface area contributed by atoms with Gasteiger partial charge in [-0.2, -0.15) is 0 Å². The molecule has 0 aliphatic rings. The van der Waals surface area contributed by atoms with Crippen molar-refractivity contribution < 1.29 is 0 Å². The van der Waals surface area contributed by atoms with Gasteiger partial charge in [-0.3, -0.25) is 0 Å². The van der Waals surface area contributed by atoms with E-state index in [9.17, 15) is 0 Å². The lowest BCUT2D eigenvalue weighted by molar-refractivity contribution is 0.585. The molecule has 0 radical (unpaired) electrons. The van der Waals surface area contributed by atoms with E-state index in [2.05, 4.69) is 35.8 Å². The Morgan fingerprint density at radius 1 is 1.42 bits per heavy atom. The Hall–Kier alpha value is -1.43. The second-order valence-electron chi connectivity index (χ2n) is 3.66. The molecule has 0 saturated carbocycles. The first-order chi connectivity index (χ1) is 5.54. The first-order valence-electron chi connectivity index (χ1n) is 3.75. The normalized spacial score (nSPS) is 10.8.